The minimum absolute atomic E-state index is 0.557. The molecule has 0 aromatic carbocycles. The average molecular weight is 224 g/mol. The van der Waals surface area contributed by atoms with E-state index in [1.807, 2.05) is 0 Å². The van der Waals surface area contributed by atoms with Gasteiger partial charge >= 0.3 is 0 Å². The Morgan fingerprint density at radius 2 is 2.06 bits per heavy atom. The van der Waals surface area contributed by atoms with E-state index >= 15 is 0 Å². The molecule has 1 aliphatic heterocycles. The Morgan fingerprint density at radius 3 is 2.69 bits per heavy atom. The highest BCUT2D eigenvalue weighted by molar-refractivity contribution is 4.93. The van der Waals surface area contributed by atoms with Crippen molar-refractivity contribution in [1.29, 1.82) is 0 Å². The highest BCUT2D eigenvalue weighted by Crippen LogP contribution is 2.41. The molecule has 0 radical (unpaired) electrons. The molecule has 1 aliphatic carbocycles. The first kappa shape index (κ1) is 12.4. The van der Waals surface area contributed by atoms with Crippen LogP contribution in [0.1, 0.15) is 46.0 Å². The van der Waals surface area contributed by atoms with Crippen molar-refractivity contribution in [1.82, 2.24) is 10.2 Å². The van der Waals surface area contributed by atoms with Crippen LogP contribution in [0.4, 0.5) is 0 Å². The van der Waals surface area contributed by atoms with Crippen molar-refractivity contribution in [3.05, 3.63) is 0 Å². The van der Waals surface area contributed by atoms with Crippen molar-refractivity contribution in [2.45, 2.75) is 52.0 Å². The van der Waals surface area contributed by atoms with E-state index in [-0.39, 0.29) is 0 Å². The molecule has 0 bridgehead atoms. The van der Waals surface area contributed by atoms with Crippen LogP contribution in [-0.2, 0) is 0 Å². The third kappa shape index (κ3) is 2.60. The summed E-state index contributed by atoms with van der Waals surface area (Å²) in [5.41, 5.74) is 0.557. The SMILES string of the molecule is CNCC1CCCN(C2CCCC2(C)C)C1. The molecule has 2 rings (SSSR count). The van der Waals surface area contributed by atoms with E-state index in [4.69, 9.17) is 0 Å². The van der Waals surface area contributed by atoms with E-state index < -0.39 is 0 Å². The molecule has 2 heteroatoms. The van der Waals surface area contributed by atoms with Gasteiger partial charge in [0.2, 0.25) is 0 Å². The van der Waals surface area contributed by atoms with Gasteiger partial charge in [-0.2, -0.15) is 0 Å². The van der Waals surface area contributed by atoms with Gasteiger partial charge in [-0.15, -0.1) is 0 Å². The van der Waals surface area contributed by atoms with Crippen LogP contribution in [0.2, 0.25) is 0 Å². The summed E-state index contributed by atoms with van der Waals surface area (Å²) >= 11 is 0. The number of nitrogens with zero attached hydrogens (tertiary/aromatic N) is 1. The number of nitrogens with one attached hydrogen (secondary N) is 1. The van der Waals surface area contributed by atoms with Gasteiger partial charge in [-0.25, -0.2) is 0 Å². The Balaban J connectivity index is 1.93. The van der Waals surface area contributed by atoms with E-state index in [2.05, 4.69) is 31.1 Å². The van der Waals surface area contributed by atoms with E-state index in [0.717, 1.165) is 12.0 Å². The molecule has 1 saturated carbocycles. The van der Waals surface area contributed by atoms with E-state index in [9.17, 15) is 0 Å². The molecule has 0 amide bonds. The minimum atomic E-state index is 0.557. The van der Waals surface area contributed by atoms with Crippen molar-refractivity contribution >= 4 is 0 Å². The second-order valence-corrected chi connectivity index (χ2v) is 6.46. The zero-order valence-electron chi connectivity index (χ0n) is 11.3. The molecule has 2 atom stereocenters. The summed E-state index contributed by atoms with van der Waals surface area (Å²) in [5.74, 6) is 0.884. The summed E-state index contributed by atoms with van der Waals surface area (Å²) in [5, 5.41) is 3.34. The fraction of sp³-hybridized carbons (Fsp3) is 1.00. The van der Waals surface area contributed by atoms with Crippen LogP contribution in [0.25, 0.3) is 0 Å². The molecule has 0 aromatic heterocycles. The largest absolute Gasteiger partial charge is 0.319 e. The summed E-state index contributed by atoms with van der Waals surface area (Å²) in [6.45, 7) is 8.80. The standard InChI is InChI=1S/C14H28N2/c1-14(2)8-4-7-13(14)16-9-5-6-12(11-16)10-15-3/h12-13,15H,4-11H2,1-3H3. The van der Waals surface area contributed by atoms with Gasteiger partial charge in [0.25, 0.3) is 0 Å². The van der Waals surface area contributed by atoms with Gasteiger partial charge in [-0.05, 0) is 57.2 Å². The molecule has 2 fully saturated rings. The van der Waals surface area contributed by atoms with Crippen LogP contribution in [0.15, 0.2) is 0 Å². The maximum absolute atomic E-state index is 3.34. The summed E-state index contributed by atoms with van der Waals surface area (Å²) in [7, 11) is 2.08. The molecule has 0 spiro atoms. The maximum Gasteiger partial charge on any atom is 0.0146 e. The lowest BCUT2D eigenvalue weighted by molar-refractivity contribution is 0.0681. The molecule has 1 saturated heterocycles. The highest BCUT2D eigenvalue weighted by atomic mass is 15.2. The fourth-order valence-electron chi connectivity index (χ4n) is 3.82. The predicted molar refractivity (Wildman–Crippen MR) is 69.6 cm³/mol. The lowest BCUT2D eigenvalue weighted by Crippen LogP contribution is -2.48. The average Bonchev–Trinajstić information content (AvgIpc) is 2.59. The maximum atomic E-state index is 3.34. The fourth-order valence-corrected chi connectivity index (χ4v) is 3.82. The van der Waals surface area contributed by atoms with Crippen molar-refractivity contribution in [3.8, 4) is 0 Å². The molecular formula is C14H28N2. The normalized spacial score (nSPS) is 35.4. The van der Waals surface area contributed by atoms with E-state index in [0.29, 0.717) is 5.41 Å². The number of piperidine rings is 1. The molecule has 1 heterocycles. The predicted octanol–water partition coefficient (Wildman–Crippen LogP) is 2.50. The topological polar surface area (TPSA) is 15.3 Å². The molecule has 2 nitrogen and oxygen atoms in total. The molecule has 2 unspecified atom stereocenters. The van der Waals surface area contributed by atoms with Gasteiger partial charge in [-0.1, -0.05) is 20.3 Å². The van der Waals surface area contributed by atoms with Crippen molar-refractivity contribution in [2.24, 2.45) is 11.3 Å². The van der Waals surface area contributed by atoms with Crippen LogP contribution in [0.5, 0.6) is 0 Å². The van der Waals surface area contributed by atoms with Crippen LogP contribution in [0.3, 0.4) is 0 Å². The van der Waals surface area contributed by atoms with Crippen LogP contribution in [0, 0.1) is 11.3 Å². The summed E-state index contributed by atoms with van der Waals surface area (Å²) in [4.78, 5) is 2.79. The third-order valence-corrected chi connectivity index (χ3v) is 4.68. The molecule has 16 heavy (non-hydrogen) atoms. The van der Waals surface area contributed by atoms with Gasteiger partial charge < -0.3 is 5.32 Å². The van der Waals surface area contributed by atoms with Crippen LogP contribution in [-0.4, -0.2) is 37.6 Å². The number of rotatable bonds is 3. The number of likely N-dealkylation sites (tertiary alicyclic amines) is 1. The van der Waals surface area contributed by atoms with Gasteiger partial charge in [-0.3, -0.25) is 4.90 Å². The second kappa shape index (κ2) is 5.05. The zero-order chi connectivity index (χ0) is 11.6. The smallest absolute Gasteiger partial charge is 0.0146 e. The van der Waals surface area contributed by atoms with E-state index in [1.165, 1.54) is 51.7 Å². The zero-order valence-corrected chi connectivity index (χ0v) is 11.3. The van der Waals surface area contributed by atoms with Gasteiger partial charge in [0, 0.05) is 12.6 Å². The summed E-state index contributed by atoms with van der Waals surface area (Å²) < 4.78 is 0. The van der Waals surface area contributed by atoms with Crippen molar-refractivity contribution < 1.29 is 0 Å². The Bertz CT molecular complexity index is 223. The first-order valence-corrected chi connectivity index (χ1v) is 7.02. The van der Waals surface area contributed by atoms with Gasteiger partial charge in [0.05, 0.1) is 0 Å². The molecule has 0 aromatic rings. The Kier molecular flexibility index (Phi) is 3.91. The Morgan fingerprint density at radius 1 is 1.25 bits per heavy atom. The first-order valence-electron chi connectivity index (χ1n) is 7.02. The summed E-state index contributed by atoms with van der Waals surface area (Å²) in [6.07, 6.45) is 7.11. The quantitative estimate of drug-likeness (QED) is 0.792. The molecule has 2 aliphatic rings. The molecular weight excluding hydrogens is 196 g/mol. The number of hydrogen-bond donors (Lipinski definition) is 1. The Hall–Kier alpha value is -0.0800. The van der Waals surface area contributed by atoms with Crippen molar-refractivity contribution in [3.63, 3.8) is 0 Å². The second-order valence-electron chi connectivity index (χ2n) is 6.46. The number of hydrogen-bond acceptors (Lipinski definition) is 2. The van der Waals surface area contributed by atoms with Crippen LogP contribution >= 0.6 is 0 Å². The molecule has 1 N–H and O–H groups in total. The van der Waals surface area contributed by atoms with Crippen molar-refractivity contribution in [2.75, 3.05) is 26.7 Å². The van der Waals surface area contributed by atoms with Gasteiger partial charge in [0.15, 0.2) is 0 Å². The Labute approximate surface area is 101 Å². The third-order valence-electron chi connectivity index (χ3n) is 4.68. The minimum Gasteiger partial charge on any atom is -0.319 e. The highest BCUT2D eigenvalue weighted by Gasteiger charge is 2.39. The van der Waals surface area contributed by atoms with Gasteiger partial charge in [0.1, 0.15) is 0 Å². The monoisotopic (exact) mass is 224 g/mol. The lowest BCUT2D eigenvalue weighted by atomic mass is 9.84. The van der Waals surface area contributed by atoms with Crippen LogP contribution < -0.4 is 5.32 Å². The first-order chi connectivity index (χ1) is 7.63. The summed E-state index contributed by atoms with van der Waals surface area (Å²) in [6, 6.07) is 0.854. The molecule has 94 valence electrons. The van der Waals surface area contributed by atoms with E-state index in [1.54, 1.807) is 0 Å². The lowest BCUT2D eigenvalue weighted by Gasteiger charge is -2.42.